The summed E-state index contributed by atoms with van der Waals surface area (Å²) in [6, 6.07) is 12.5. The van der Waals surface area contributed by atoms with Gasteiger partial charge in [0.15, 0.2) is 0 Å². The molecule has 0 saturated carbocycles. The van der Waals surface area contributed by atoms with Crippen LogP contribution in [-0.4, -0.2) is 4.98 Å². The molecule has 84 valence electrons. The van der Waals surface area contributed by atoms with Crippen molar-refractivity contribution >= 4 is 53.7 Å². The largest absolute Gasteiger partial charge is 0.245 e. The molecule has 1 aromatic heterocycles. The van der Waals surface area contributed by atoms with Crippen LogP contribution in [0.5, 0.6) is 0 Å². The first kappa shape index (κ1) is 11.2. The van der Waals surface area contributed by atoms with Crippen molar-refractivity contribution in [1.29, 1.82) is 0 Å². The lowest BCUT2D eigenvalue weighted by Crippen LogP contribution is -1.87. The first-order valence-corrected chi connectivity index (χ1v) is 6.89. The Morgan fingerprint density at radius 2 is 1.71 bits per heavy atom. The van der Waals surface area contributed by atoms with Crippen molar-refractivity contribution in [3.05, 3.63) is 50.9 Å². The third kappa shape index (κ3) is 1.78. The lowest BCUT2D eigenvalue weighted by atomic mass is 10.1. The minimum absolute atomic E-state index is 1.01. The topological polar surface area (TPSA) is 12.9 Å². The Bertz CT molecular complexity index is 735. The van der Waals surface area contributed by atoms with E-state index >= 15 is 0 Å². The van der Waals surface area contributed by atoms with Crippen LogP contribution < -0.4 is 0 Å². The van der Waals surface area contributed by atoms with Crippen molar-refractivity contribution in [3.8, 4) is 0 Å². The van der Waals surface area contributed by atoms with E-state index in [0.29, 0.717) is 0 Å². The standard InChI is InChI=1S/C14H9Br2N/c1-8-5-6-12(16)14-10(8)7-9-3-2-4-11(15)13(9)17-14/h2-7H,1H3. The summed E-state index contributed by atoms with van der Waals surface area (Å²) in [5.41, 5.74) is 3.27. The quantitative estimate of drug-likeness (QED) is 0.506. The van der Waals surface area contributed by atoms with E-state index in [9.17, 15) is 0 Å². The van der Waals surface area contributed by atoms with E-state index in [1.165, 1.54) is 10.9 Å². The Kier molecular flexibility index (Phi) is 2.68. The monoisotopic (exact) mass is 349 g/mol. The Morgan fingerprint density at radius 3 is 2.53 bits per heavy atom. The molecule has 3 rings (SSSR count). The second-order valence-corrected chi connectivity index (χ2v) is 5.77. The molecule has 0 saturated heterocycles. The molecule has 17 heavy (non-hydrogen) atoms. The molecule has 1 nitrogen and oxygen atoms in total. The highest BCUT2D eigenvalue weighted by atomic mass is 79.9. The van der Waals surface area contributed by atoms with Gasteiger partial charge in [0.2, 0.25) is 0 Å². The maximum atomic E-state index is 4.74. The van der Waals surface area contributed by atoms with Crippen LogP contribution in [-0.2, 0) is 0 Å². The molecule has 0 atom stereocenters. The number of hydrogen-bond acceptors (Lipinski definition) is 1. The highest BCUT2D eigenvalue weighted by Gasteiger charge is 2.07. The van der Waals surface area contributed by atoms with Crippen LogP contribution >= 0.6 is 31.9 Å². The van der Waals surface area contributed by atoms with Gasteiger partial charge in [0.05, 0.1) is 11.0 Å². The fraction of sp³-hybridized carbons (Fsp3) is 0.0714. The lowest BCUT2D eigenvalue weighted by molar-refractivity contribution is 1.43. The lowest BCUT2D eigenvalue weighted by Gasteiger charge is -2.07. The van der Waals surface area contributed by atoms with Gasteiger partial charge in [0.1, 0.15) is 0 Å². The number of para-hydroxylation sites is 1. The first-order valence-electron chi connectivity index (χ1n) is 5.31. The van der Waals surface area contributed by atoms with Crippen molar-refractivity contribution in [3.63, 3.8) is 0 Å². The van der Waals surface area contributed by atoms with Crippen LogP contribution in [0.3, 0.4) is 0 Å². The van der Waals surface area contributed by atoms with E-state index in [-0.39, 0.29) is 0 Å². The number of aromatic nitrogens is 1. The van der Waals surface area contributed by atoms with Gasteiger partial charge in [-0.1, -0.05) is 18.2 Å². The van der Waals surface area contributed by atoms with Crippen LogP contribution in [0.25, 0.3) is 21.8 Å². The Morgan fingerprint density at radius 1 is 0.941 bits per heavy atom. The van der Waals surface area contributed by atoms with E-state index in [2.05, 4.69) is 57.0 Å². The number of benzene rings is 2. The highest BCUT2D eigenvalue weighted by Crippen LogP contribution is 2.30. The van der Waals surface area contributed by atoms with Gasteiger partial charge in [-0.3, -0.25) is 0 Å². The van der Waals surface area contributed by atoms with Gasteiger partial charge in [-0.05, 0) is 62.5 Å². The molecular weight excluding hydrogens is 342 g/mol. The van der Waals surface area contributed by atoms with Crippen molar-refractivity contribution in [1.82, 2.24) is 4.98 Å². The van der Waals surface area contributed by atoms with E-state index in [0.717, 1.165) is 25.4 Å². The number of aryl methyl sites for hydroxylation is 1. The number of pyridine rings is 1. The minimum Gasteiger partial charge on any atom is -0.245 e. The molecule has 0 bridgehead atoms. The molecule has 1 heterocycles. The SMILES string of the molecule is Cc1ccc(Br)c2nc3c(Br)cccc3cc12. The minimum atomic E-state index is 1.01. The van der Waals surface area contributed by atoms with E-state index < -0.39 is 0 Å². The summed E-state index contributed by atoms with van der Waals surface area (Å²) < 4.78 is 2.07. The molecule has 0 amide bonds. The van der Waals surface area contributed by atoms with Crippen LogP contribution in [0.4, 0.5) is 0 Å². The summed E-state index contributed by atoms with van der Waals surface area (Å²) in [4.78, 5) is 4.74. The van der Waals surface area contributed by atoms with Crippen LogP contribution in [0.15, 0.2) is 45.3 Å². The first-order chi connectivity index (χ1) is 8.16. The summed E-state index contributed by atoms with van der Waals surface area (Å²) in [6.45, 7) is 2.11. The van der Waals surface area contributed by atoms with E-state index in [1.807, 2.05) is 18.2 Å². The van der Waals surface area contributed by atoms with Crippen molar-refractivity contribution < 1.29 is 0 Å². The molecule has 0 aliphatic carbocycles. The molecule has 3 heteroatoms. The van der Waals surface area contributed by atoms with Crippen LogP contribution in [0.1, 0.15) is 5.56 Å². The highest BCUT2D eigenvalue weighted by molar-refractivity contribution is 9.11. The smallest absolute Gasteiger partial charge is 0.0854 e. The van der Waals surface area contributed by atoms with Crippen molar-refractivity contribution in [2.45, 2.75) is 6.92 Å². The average molecular weight is 351 g/mol. The van der Waals surface area contributed by atoms with Crippen molar-refractivity contribution in [2.75, 3.05) is 0 Å². The molecule has 0 fully saturated rings. The predicted molar refractivity (Wildman–Crippen MR) is 79.4 cm³/mol. The van der Waals surface area contributed by atoms with Gasteiger partial charge in [-0.25, -0.2) is 4.98 Å². The Labute approximate surface area is 116 Å². The molecule has 0 radical (unpaired) electrons. The molecule has 0 N–H and O–H groups in total. The fourth-order valence-corrected chi connectivity index (χ4v) is 2.92. The van der Waals surface area contributed by atoms with Gasteiger partial charge >= 0.3 is 0 Å². The fourth-order valence-electron chi connectivity index (χ4n) is 2.01. The van der Waals surface area contributed by atoms with Crippen LogP contribution in [0, 0.1) is 6.92 Å². The van der Waals surface area contributed by atoms with Crippen molar-refractivity contribution in [2.24, 2.45) is 0 Å². The molecule has 0 unspecified atom stereocenters. The maximum absolute atomic E-state index is 4.74. The average Bonchev–Trinajstić information content (AvgIpc) is 2.33. The summed E-state index contributed by atoms with van der Waals surface area (Å²) in [5.74, 6) is 0. The third-order valence-corrected chi connectivity index (χ3v) is 4.21. The van der Waals surface area contributed by atoms with Gasteiger partial charge in [0, 0.05) is 19.7 Å². The number of hydrogen-bond donors (Lipinski definition) is 0. The molecule has 0 aliphatic heterocycles. The second-order valence-electron chi connectivity index (χ2n) is 4.06. The predicted octanol–water partition coefficient (Wildman–Crippen LogP) is 5.22. The normalized spacial score (nSPS) is 11.2. The summed E-state index contributed by atoms with van der Waals surface area (Å²) in [5, 5.41) is 2.36. The van der Waals surface area contributed by atoms with E-state index in [1.54, 1.807) is 0 Å². The number of nitrogens with zero attached hydrogens (tertiary/aromatic N) is 1. The molecule has 0 spiro atoms. The van der Waals surface area contributed by atoms with E-state index in [4.69, 9.17) is 4.98 Å². The van der Waals surface area contributed by atoms with Crippen LogP contribution in [0.2, 0.25) is 0 Å². The van der Waals surface area contributed by atoms with Gasteiger partial charge in [0.25, 0.3) is 0 Å². The zero-order valence-corrected chi connectivity index (χ0v) is 12.3. The molecule has 0 aliphatic rings. The Hall–Kier alpha value is -0.930. The maximum Gasteiger partial charge on any atom is 0.0854 e. The number of halogens is 2. The number of fused-ring (bicyclic) bond motifs is 2. The summed E-state index contributed by atoms with van der Waals surface area (Å²) in [7, 11) is 0. The third-order valence-electron chi connectivity index (χ3n) is 2.93. The molecular formula is C14H9Br2N. The van der Waals surface area contributed by atoms with Gasteiger partial charge in [-0.15, -0.1) is 0 Å². The second kappa shape index (κ2) is 4.07. The van der Waals surface area contributed by atoms with Gasteiger partial charge in [-0.2, -0.15) is 0 Å². The zero-order chi connectivity index (χ0) is 12.0. The summed E-state index contributed by atoms with van der Waals surface area (Å²) >= 11 is 7.11. The summed E-state index contributed by atoms with van der Waals surface area (Å²) in [6.07, 6.45) is 0. The molecule has 3 aromatic rings. The molecule has 2 aromatic carbocycles. The Balaban J connectivity index is 2.57. The van der Waals surface area contributed by atoms with Gasteiger partial charge < -0.3 is 0 Å². The number of rotatable bonds is 0. The zero-order valence-electron chi connectivity index (χ0n) is 9.17.